The van der Waals surface area contributed by atoms with Crippen molar-refractivity contribution in [3.63, 3.8) is 0 Å². The Balaban J connectivity index is 1.81. The van der Waals surface area contributed by atoms with Gasteiger partial charge in [0.1, 0.15) is 18.1 Å². The summed E-state index contributed by atoms with van der Waals surface area (Å²) in [5.41, 5.74) is -1.33. The summed E-state index contributed by atoms with van der Waals surface area (Å²) in [4.78, 5) is 51.6. The Kier molecular flexibility index (Phi) is 6.87. The molecule has 0 radical (unpaired) electrons. The molecule has 4 amide bonds. The van der Waals surface area contributed by atoms with Crippen molar-refractivity contribution in [1.29, 1.82) is 5.26 Å². The molecule has 0 bridgehead atoms. The van der Waals surface area contributed by atoms with Crippen molar-refractivity contribution in [2.75, 3.05) is 13.1 Å². The first kappa shape index (κ1) is 26.8. The summed E-state index contributed by atoms with van der Waals surface area (Å²) >= 11 is 0. The highest BCUT2D eigenvalue weighted by Gasteiger charge is 2.70. The van der Waals surface area contributed by atoms with Crippen molar-refractivity contribution in [2.45, 2.75) is 71.8 Å². The van der Waals surface area contributed by atoms with E-state index in [9.17, 15) is 37.6 Å². The first-order chi connectivity index (χ1) is 16.0. The Morgan fingerprint density at radius 1 is 1.23 bits per heavy atom. The van der Waals surface area contributed by atoms with E-state index in [4.69, 9.17) is 0 Å². The van der Waals surface area contributed by atoms with Crippen LogP contribution in [-0.2, 0) is 19.2 Å². The third-order valence-electron chi connectivity index (χ3n) is 7.56. The highest BCUT2D eigenvalue weighted by Crippen LogP contribution is 2.65. The SMILES string of the molecule is CC(C)(C)C(NC(=O)C(F)(F)F)C(=O)N1CC2[C@@H]([C@H]1C(=O)N[C@H](C#N)C[C@@H]1CCNC1=O)C2(C)C. The van der Waals surface area contributed by atoms with E-state index in [2.05, 4.69) is 10.6 Å². The summed E-state index contributed by atoms with van der Waals surface area (Å²) in [5, 5.41) is 16.7. The van der Waals surface area contributed by atoms with E-state index < -0.39 is 53.4 Å². The van der Waals surface area contributed by atoms with Gasteiger partial charge in [-0.1, -0.05) is 34.6 Å². The summed E-state index contributed by atoms with van der Waals surface area (Å²) in [6, 6.07) is -1.48. The number of carbonyl (C=O) groups is 4. The van der Waals surface area contributed by atoms with E-state index in [1.54, 1.807) is 5.32 Å². The molecule has 1 saturated carbocycles. The second-order valence-electron chi connectivity index (χ2n) is 11.4. The van der Waals surface area contributed by atoms with Crippen LogP contribution >= 0.6 is 0 Å². The van der Waals surface area contributed by atoms with Crippen LogP contribution in [-0.4, -0.2) is 65.9 Å². The predicted molar refractivity (Wildman–Crippen MR) is 117 cm³/mol. The van der Waals surface area contributed by atoms with Crippen molar-refractivity contribution in [3.05, 3.63) is 0 Å². The number of likely N-dealkylation sites (tertiary alicyclic amines) is 1. The van der Waals surface area contributed by atoms with Crippen LogP contribution in [0.1, 0.15) is 47.5 Å². The highest BCUT2D eigenvalue weighted by atomic mass is 19.4. The summed E-state index contributed by atoms with van der Waals surface area (Å²) in [7, 11) is 0. The van der Waals surface area contributed by atoms with Crippen LogP contribution in [0.15, 0.2) is 0 Å². The van der Waals surface area contributed by atoms with Gasteiger partial charge in [-0.05, 0) is 35.5 Å². The van der Waals surface area contributed by atoms with Gasteiger partial charge in [-0.25, -0.2) is 0 Å². The lowest BCUT2D eigenvalue weighted by atomic mass is 9.85. The average molecular weight is 500 g/mol. The van der Waals surface area contributed by atoms with Crippen molar-refractivity contribution >= 4 is 23.6 Å². The number of nitrogens with zero attached hydrogens (tertiary/aromatic N) is 2. The van der Waals surface area contributed by atoms with Crippen LogP contribution in [0.25, 0.3) is 0 Å². The molecular weight excluding hydrogens is 467 g/mol. The Morgan fingerprint density at radius 2 is 1.86 bits per heavy atom. The molecule has 35 heavy (non-hydrogen) atoms. The number of alkyl halides is 3. The minimum absolute atomic E-state index is 0.0396. The monoisotopic (exact) mass is 499 g/mol. The fraction of sp³-hybridized carbons (Fsp3) is 0.783. The van der Waals surface area contributed by atoms with Gasteiger partial charge in [-0.2, -0.15) is 18.4 Å². The molecule has 6 atom stereocenters. The zero-order valence-electron chi connectivity index (χ0n) is 20.5. The number of fused-ring (bicyclic) bond motifs is 1. The fourth-order valence-corrected chi connectivity index (χ4v) is 5.40. The van der Waals surface area contributed by atoms with Gasteiger partial charge in [-0.15, -0.1) is 0 Å². The molecule has 9 nitrogen and oxygen atoms in total. The third-order valence-corrected chi connectivity index (χ3v) is 7.56. The standard InChI is InChI=1S/C23H32F3N5O4/c1-21(2,3)16(30-20(35)23(24,25)26)19(34)31-10-13-14(22(13,4)5)15(31)18(33)29-12(9-27)8-11-6-7-28-17(11)32/h11-16H,6-8,10H2,1-5H3,(H,28,32)(H,29,33)(H,30,35)/t11-,12-,13?,14-,15-,16?/m0/s1. The molecule has 3 N–H and O–H groups in total. The van der Waals surface area contributed by atoms with Gasteiger partial charge in [0.05, 0.1) is 6.07 Å². The number of nitriles is 1. The van der Waals surface area contributed by atoms with Crippen molar-refractivity contribution in [2.24, 2.45) is 28.6 Å². The van der Waals surface area contributed by atoms with Gasteiger partial charge in [0.15, 0.2) is 0 Å². The van der Waals surface area contributed by atoms with E-state index in [1.165, 1.54) is 25.7 Å². The molecule has 12 heteroatoms. The summed E-state index contributed by atoms with van der Waals surface area (Å²) in [6.07, 6.45) is -4.49. The van der Waals surface area contributed by atoms with Gasteiger partial charge in [0.25, 0.3) is 0 Å². The smallest absolute Gasteiger partial charge is 0.356 e. The number of carbonyl (C=O) groups excluding carboxylic acids is 4. The lowest BCUT2D eigenvalue weighted by Crippen LogP contribution is -2.61. The van der Waals surface area contributed by atoms with Crippen LogP contribution < -0.4 is 16.0 Å². The van der Waals surface area contributed by atoms with Crippen molar-refractivity contribution in [1.82, 2.24) is 20.9 Å². The number of amides is 4. The third kappa shape index (κ3) is 5.23. The summed E-state index contributed by atoms with van der Waals surface area (Å²) in [6.45, 7) is 9.13. The van der Waals surface area contributed by atoms with Crippen molar-refractivity contribution in [3.8, 4) is 6.07 Å². The molecular formula is C23H32F3N5O4. The van der Waals surface area contributed by atoms with Crippen LogP contribution in [0.2, 0.25) is 0 Å². The van der Waals surface area contributed by atoms with E-state index in [-0.39, 0.29) is 36.1 Å². The average Bonchev–Trinajstić information content (AvgIpc) is 3.10. The Hall–Kier alpha value is -2.84. The first-order valence-corrected chi connectivity index (χ1v) is 11.7. The minimum Gasteiger partial charge on any atom is -0.356 e. The Morgan fingerprint density at radius 3 is 2.34 bits per heavy atom. The molecule has 0 aromatic heterocycles. The van der Waals surface area contributed by atoms with E-state index in [0.29, 0.717) is 13.0 Å². The zero-order valence-corrected chi connectivity index (χ0v) is 20.5. The Labute approximate surface area is 202 Å². The van der Waals surface area contributed by atoms with Crippen LogP contribution in [0.4, 0.5) is 13.2 Å². The molecule has 0 aromatic carbocycles. The van der Waals surface area contributed by atoms with Gasteiger partial charge in [0, 0.05) is 19.0 Å². The maximum atomic E-state index is 13.5. The van der Waals surface area contributed by atoms with E-state index >= 15 is 0 Å². The normalized spacial score (nSPS) is 28.9. The number of hydrogen-bond donors (Lipinski definition) is 3. The molecule has 194 valence electrons. The molecule has 1 aliphatic carbocycles. The quantitative estimate of drug-likeness (QED) is 0.504. The number of rotatable bonds is 6. The molecule has 2 saturated heterocycles. The molecule has 0 spiro atoms. The van der Waals surface area contributed by atoms with Crippen LogP contribution in [0.3, 0.4) is 0 Å². The summed E-state index contributed by atoms with van der Waals surface area (Å²) < 4.78 is 38.8. The topological polar surface area (TPSA) is 131 Å². The van der Waals surface area contributed by atoms with Gasteiger partial charge in [-0.3, -0.25) is 19.2 Å². The lowest BCUT2D eigenvalue weighted by Gasteiger charge is -2.37. The second-order valence-corrected chi connectivity index (χ2v) is 11.4. The fourth-order valence-electron chi connectivity index (χ4n) is 5.40. The maximum absolute atomic E-state index is 13.5. The molecule has 3 rings (SSSR count). The first-order valence-electron chi connectivity index (χ1n) is 11.7. The van der Waals surface area contributed by atoms with Gasteiger partial charge in [0.2, 0.25) is 17.7 Å². The van der Waals surface area contributed by atoms with E-state index in [1.807, 2.05) is 19.9 Å². The molecule has 3 aliphatic rings. The lowest BCUT2D eigenvalue weighted by molar-refractivity contribution is -0.176. The minimum atomic E-state index is -5.16. The maximum Gasteiger partial charge on any atom is 0.471 e. The Bertz CT molecular complexity index is 952. The second kappa shape index (κ2) is 8.99. The molecule has 2 heterocycles. The molecule has 0 aromatic rings. The number of halogens is 3. The van der Waals surface area contributed by atoms with Crippen molar-refractivity contribution < 1.29 is 32.3 Å². The van der Waals surface area contributed by atoms with Crippen LogP contribution in [0, 0.1) is 39.9 Å². The molecule has 2 unspecified atom stereocenters. The van der Waals surface area contributed by atoms with Crippen LogP contribution in [0.5, 0.6) is 0 Å². The number of nitrogens with one attached hydrogen (secondary N) is 3. The van der Waals surface area contributed by atoms with Gasteiger partial charge >= 0.3 is 12.1 Å². The molecule has 3 fully saturated rings. The number of hydrogen-bond acceptors (Lipinski definition) is 5. The zero-order chi connectivity index (χ0) is 26.5. The predicted octanol–water partition coefficient (Wildman–Crippen LogP) is 1.10. The molecule has 2 aliphatic heterocycles. The van der Waals surface area contributed by atoms with Gasteiger partial charge < -0.3 is 20.9 Å². The summed E-state index contributed by atoms with van der Waals surface area (Å²) in [5.74, 6) is -4.46. The highest BCUT2D eigenvalue weighted by molar-refractivity contribution is 5.95. The number of piperidine rings is 1. The largest absolute Gasteiger partial charge is 0.471 e. The van der Waals surface area contributed by atoms with E-state index in [0.717, 1.165) is 0 Å².